The van der Waals surface area contributed by atoms with Crippen LogP contribution in [0.1, 0.15) is 10.4 Å². The normalized spacial score (nSPS) is 15.4. The summed E-state index contributed by atoms with van der Waals surface area (Å²) >= 11 is 3.22. The van der Waals surface area contributed by atoms with Gasteiger partial charge in [0.15, 0.2) is 5.13 Å². The number of amides is 1. The summed E-state index contributed by atoms with van der Waals surface area (Å²) < 4.78 is 2.10. The van der Waals surface area contributed by atoms with E-state index in [0.717, 1.165) is 57.4 Å². The van der Waals surface area contributed by atoms with Crippen molar-refractivity contribution >= 4 is 59.8 Å². The predicted molar refractivity (Wildman–Crippen MR) is 117 cm³/mol. The first-order valence-corrected chi connectivity index (χ1v) is 10.8. The van der Waals surface area contributed by atoms with Gasteiger partial charge in [0.1, 0.15) is 0 Å². The van der Waals surface area contributed by atoms with Crippen molar-refractivity contribution in [3.63, 3.8) is 0 Å². The summed E-state index contributed by atoms with van der Waals surface area (Å²) in [4.78, 5) is 26.4. The quantitative estimate of drug-likeness (QED) is 0.556. The molecule has 4 aromatic rings. The van der Waals surface area contributed by atoms with Gasteiger partial charge in [0.05, 0.1) is 25.9 Å². The average Bonchev–Trinajstić information content (AvgIpc) is 3.34. The van der Waals surface area contributed by atoms with E-state index in [-0.39, 0.29) is 5.91 Å². The van der Waals surface area contributed by atoms with Crippen LogP contribution in [0.3, 0.4) is 0 Å². The summed E-state index contributed by atoms with van der Waals surface area (Å²) in [5.74, 6) is -0.113. The molecule has 0 bridgehead atoms. The smallest absolute Gasteiger partial charge is 0.255 e. The number of carbonyl (C=O) groups is 1. The first-order valence-electron chi connectivity index (χ1n) is 9.14. The second kappa shape index (κ2) is 7.12. The van der Waals surface area contributed by atoms with Crippen LogP contribution in [-0.4, -0.2) is 54.0 Å². The third-order valence-corrected chi connectivity index (χ3v) is 6.87. The molecule has 1 amide bonds. The van der Waals surface area contributed by atoms with E-state index in [1.807, 2.05) is 36.4 Å². The highest BCUT2D eigenvalue weighted by Gasteiger charge is 2.18. The Kier molecular flexibility index (Phi) is 4.46. The Bertz CT molecular complexity index is 1160. The number of fused-ring (bicyclic) bond motifs is 2. The van der Waals surface area contributed by atoms with Gasteiger partial charge in [-0.3, -0.25) is 4.79 Å². The van der Waals surface area contributed by atoms with Crippen molar-refractivity contribution in [2.75, 3.05) is 43.4 Å². The Morgan fingerprint density at radius 1 is 1.04 bits per heavy atom. The summed E-state index contributed by atoms with van der Waals surface area (Å²) in [6.07, 6.45) is 0. The van der Waals surface area contributed by atoms with Gasteiger partial charge in [-0.15, -0.1) is 11.3 Å². The van der Waals surface area contributed by atoms with Gasteiger partial charge in [-0.05, 0) is 43.4 Å². The highest BCUT2D eigenvalue weighted by Crippen LogP contribution is 2.31. The number of carbonyl (C=O) groups excluding carboxylic acids is 1. The molecule has 0 spiro atoms. The fourth-order valence-electron chi connectivity index (χ4n) is 3.32. The predicted octanol–water partition coefficient (Wildman–Crippen LogP) is 3.91. The minimum Gasteiger partial charge on any atom is -0.345 e. The monoisotopic (exact) mass is 409 g/mol. The maximum Gasteiger partial charge on any atom is 0.255 e. The number of hydrogen-bond donors (Lipinski definition) is 1. The van der Waals surface area contributed by atoms with Crippen molar-refractivity contribution in [1.29, 1.82) is 0 Å². The van der Waals surface area contributed by atoms with Crippen LogP contribution in [0.4, 0.5) is 10.8 Å². The molecule has 1 saturated heterocycles. The third-order valence-electron chi connectivity index (χ3n) is 5.00. The number of nitrogens with zero attached hydrogens (tertiary/aromatic N) is 4. The van der Waals surface area contributed by atoms with Gasteiger partial charge < -0.3 is 15.1 Å². The lowest BCUT2D eigenvalue weighted by Crippen LogP contribution is -2.44. The van der Waals surface area contributed by atoms with Gasteiger partial charge in [-0.2, -0.15) is 0 Å². The first-order chi connectivity index (χ1) is 13.7. The van der Waals surface area contributed by atoms with E-state index in [0.29, 0.717) is 5.56 Å². The van der Waals surface area contributed by atoms with Crippen LogP contribution < -0.4 is 10.2 Å². The number of thiazole rings is 2. The fourth-order valence-corrected chi connectivity index (χ4v) is 5.10. The lowest BCUT2D eigenvalue weighted by molar-refractivity contribution is 0.102. The molecule has 1 aliphatic heterocycles. The second-order valence-corrected chi connectivity index (χ2v) is 8.85. The van der Waals surface area contributed by atoms with Crippen molar-refractivity contribution in [1.82, 2.24) is 14.9 Å². The van der Waals surface area contributed by atoms with Crippen LogP contribution in [0.2, 0.25) is 0 Å². The topological polar surface area (TPSA) is 61.4 Å². The highest BCUT2D eigenvalue weighted by molar-refractivity contribution is 7.22. The Morgan fingerprint density at radius 3 is 2.71 bits per heavy atom. The van der Waals surface area contributed by atoms with Crippen LogP contribution in [-0.2, 0) is 0 Å². The molecule has 142 valence electrons. The first kappa shape index (κ1) is 17.5. The number of anilines is 2. The summed E-state index contributed by atoms with van der Waals surface area (Å²) in [6.45, 7) is 4.11. The van der Waals surface area contributed by atoms with Crippen LogP contribution in [0, 0.1) is 0 Å². The molecule has 8 heteroatoms. The van der Waals surface area contributed by atoms with E-state index in [9.17, 15) is 4.79 Å². The van der Waals surface area contributed by atoms with Crippen molar-refractivity contribution < 1.29 is 4.79 Å². The molecule has 2 aromatic heterocycles. The molecule has 3 heterocycles. The van der Waals surface area contributed by atoms with E-state index in [1.165, 1.54) is 11.3 Å². The van der Waals surface area contributed by atoms with E-state index in [4.69, 9.17) is 4.98 Å². The molecule has 2 aromatic carbocycles. The van der Waals surface area contributed by atoms with Crippen LogP contribution >= 0.6 is 22.7 Å². The number of benzene rings is 2. The lowest BCUT2D eigenvalue weighted by atomic mass is 10.2. The number of aromatic nitrogens is 2. The minimum absolute atomic E-state index is 0.113. The van der Waals surface area contributed by atoms with E-state index < -0.39 is 0 Å². The Hall–Kier alpha value is -2.55. The zero-order valence-electron chi connectivity index (χ0n) is 15.4. The number of likely N-dealkylation sites (N-methyl/N-ethyl adjacent to an activating group) is 1. The number of hydrogen-bond acceptors (Lipinski definition) is 7. The molecule has 0 radical (unpaired) electrons. The molecule has 28 heavy (non-hydrogen) atoms. The molecule has 1 N–H and O–H groups in total. The second-order valence-electron chi connectivity index (χ2n) is 6.96. The van der Waals surface area contributed by atoms with Gasteiger partial charge in [-0.1, -0.05) is 11.3 Å². The van der Waals surface area contributed by atoms with Crippen LogP contribution in [0.15, 0.2) is 41.9 Å². The summed E-state index contributed by atoms with van der Waals surface area (Å²) in [5, 5.41) is 4.06. The van der Waals surface area contributed by atoms with Crippen molar-refractivity contribution in [2.24, 2.45) is 0 Å². The standard InChI is InChI=1S/C20H19N5OS2/c1-24-6-8-25(9-7-24)20-23-16-5-3-14(11-18(16)28-20)22-19(26)13-2-4-15-17(10-13)27-12-21-15/h2-5,10-12H,6-9H2,1H3,(H,22,26). The SMILES string of the molecule is CN1CCN(c2nc3ccc(NC(=O)c4ccc5ncsc5c4)cc3s2)CC1. The Labute approximate surface area is 170 Å². The van der Waals surface area contributed by atoms with Gasteiger partial charge >= 0.3 is 0 Å². The maximum absolute atomic E-state index is 12.6. The molecule has 0 unspecified atom stereocenters. The summed E-state index contributed by atoms with van der Waals surface area (Å²) in [5.41, 5.74) is 5.11. The number of nitrogens with one attached hydrogen (secondary N) is 1. The van der Waals surface area contributed by atoms with Crippen LogP contribution in [0.5, 0.6) is 0 Å². The fraction of sp³-hybridized carbons (Fsp3) is 0.250. The van der Waals surface area contributed by atoms with Crippen molar-refractivity contribution in [3.05, 3.63) is 47.5 Å². The lowest BCUT2D eigenvalue weighted by Gasteiger charge is -2.31. The molecule has 1 aliphatic rings. The zero-order valence-corrected chi connectivity index (χ0v) is 17.0. The molecule has 1 fully saturated rings. The summed E-state index contributed by atoms with van der Waals surface area (Å²) in [7, 11) is 2.15. The number of piperazine rings is 1. The Morgan fingerprint density at radius 2 is 1.86 bits per heavy atom. The molecule has 6 nitrogen and oxygen atoms in total. The minimum atomic E-state index is -0.113. The van der Waals surface area contributed by atoms with Crippen molar-refractivity contribution in [2.45, 2.75) is 0 Å². The van der Waals surface area contributed by atoms with Crippen LogP contribution in [0.25, 0.3) is 20.4 Å². The highest BCUT2D eigenvalue weighted by atomic mass is 32.1. The molecular formula is C20H19N5OS2. The van der Waals surface area contributed by atoms with E-state index in [2.05, 4.69) is 27.1 Å². The molecular weight excluding hydrogens is 390 g/mol. The maximum atomic E-state index is 12.6. The van der Waals surface area contributed by atoms with E-state index >= 15 is 0 Å². The molecule has 0 aliphatic carbocycles. The van der Waals surface area contributed by atoms with E-state index in [1.54, 1.807) is 16.8 Å². The molecule has 5 rings (SSSR count). The van der Waals surface area contributed by atoms with Gasteiger partial charge in [-0.25, -0.2) is 9.97 Å². The number of rotatable bonds is 3. The Balaban J connectivity index is 1.36. The third kappa shape index (κ3) is 3.34. The van der Waals surface area contributed by atoms with Gasteiger partial charge in [0, 0.05) is 37.4 Å². The van der Waals surface area contributed by atoms with Gasteiger partial charge in [0.25, 0.3) is 5.91 Å². The largest absolute Gasteiger partial charge is 0.345 e. The molecule has 0 saturated carbocycles. The average molecular weight is 410 g/mol. The van der Waals surface area contributed by atoms with Gasteiger partial charge in [0.2, 0.25) is 0 Å². The summed E-state index contributed by atoms with van der Waals surface area (Å²) in [6, 6.07) is 11.5. The zero-order chi connectivity index (χ0) is 19.1. The molecule has 0 atom stereocenters. The van der Waals surface area contributed by atoms with Crippen molar-refractivity contribution in [3.8, 4) is 0 Å².